The molecule has 0 radical (unpaired) electrons. The van der Waals surface area contributed by atoms with Crippen LogP contribution in [0.4, 0.5) is 5.69 Å². The molecule has 0 aliphatic rings. The molecule has 3 nitrogen and oxygen atoms in total. The van der Waals surface area contributed by atoms with Gasteiger partial charge in [-0.25, -0.2) is 8.42 Å². The highest BCUT2D eigenvalue weighted by molar-refractivity contribution is 7.98. The Morgan fingerprint density at radius 2 is 1.65 bits per heavy atom. The lowest BCUT2D eigenvalue weighted by Crippen LogP contribution is -2.32. The molecule has 2 rings (SSSR count). The second kappa shape index (κ2) is 7.23. The minimum Gasteiger partial charge on any atom is -0.262 e. The minimum absolute atomic E-state index is 0.234. The largest absolute Gasteiger partial charge is 0.264 e. The van der Waals surface area contributed by atoms with Crippen LogP contribution in [0, 0.1) is 13.8 Å². The van der Waals surface area contributed by atoms with E-state index in [1.807, 2.05) is 50.4 Å². The molecule has 2 aromatic rings. The Balaban J connectivity index is 2.57. The monoisotopic (exact) mass is 347 g/mol. The van der Waals surface area contributed by atoms with Gasteiger partial charge in [-0.1, -0.05) is 24.3 Å². The lowest BCUT2D eigenvalue weighted by atomic mass is 10.1. The SMILES string of the molecule is C=CCN(c1c(C)cccc1C)S(=O)(=O)c1ccc(SC)cc1. The van der Waals surface area contributed by atoms with Crippen LogP contribution in [-0.4, -0.2) is 21.2 Å². The van der Waals surface area contributed by atoms with Gasteiger partial charge >= 0.3 is 0 Å². The molecule has 0 saturated heterocycles. The van der Waals surface area contributed by atoms with E-state index in [0.717, 1.165) is 21.7 Å². The van der Waals surface area contributed by atoms with Crippen LogP contribution in [0.5, 0.6) is 0 Å². The van der Waals surface area contributed by atoms with Crippen LogP contribution in [0.2, 0.25) is 0 Å². The number of nitrogens with zero attached hydrogens (tertiary/aromatic N) is 1. The Morgan fingerprint density at radius 1 is 1.09 bits per heavy atom. The molecule has 23 heavy (non-hydrogen) atoms. The Kier molecular flexibility index (Phi) is 5.55. The Morgan fingerprint density at radius 3 is 2.13 bits per heavy atom. The van der Waals surface area contributed by atoms with Gasteiger partial charge in [-0.15, -0.1) is 18.3 Å². The fourth-order valence-electron chi connectivity index (χ4n) is 2.50. The highest BCUT2D eigenvalue weighted by atomic mass is 32.2. The highest BCUT2D eigenvalue weighted by Gasteiger charge is 2.26. The number of aryl methyl sites for hydroxylation is 2. The molecule has 0 amide bonds. The van der Waals surface area contributed by atoms with Crippen molar-refractivity contribution in [2.45, 2.75) is 23.6 Å². The van der Waals surface area contributed by atoms with Crippen molar-refractivity contribution in [3.05, 3.63) is 66.2 Å². The predicted octanol–water partition coefficient (Wildman–Crippen LogP) is 4.41. The quantitative estimate of drug-likeness (QED) is 0.574. The third kappa shape index (κ3) is 3.62. The van der Waals surface area contributed by atoms with E-state index in [1.54, 1.807) is 30.0 Å². The summed E-state index contributed by atoms with van der Waals surface area (Å²) in [4.78, 5) is 1.33. The number of thioether (sulfide) groups is 1. The highest BCUT2D eigenvalue weighted by Crippen LogP contribution is 2.30. The molecule has 0 spiro atoms. The molecule has 0 bridgehead atoms. The zero-order valence-electron chi connectivity index (χ0n) is 13.6. The average molecular weight is 348 g/mol. The fourth-order valence-corrected chi connectivity index (χ4v) is 4.47. The summed E-state index contributed by atoms with van der Waals surface area (Å²) in [5.74, 6) is 0. The Hall–Kier alpha value is -1.72. The second-order valence-electron chi connectivity index (χ2n) is 5.24. The normalized spacial score (nSPS) is 11.3. The van der Waals surface area contributed by atoms with Crippen molar-refractivity contribution in [1.29, 1.82) is 0 Å². The predicted molar refractivity (Wildman–Crippen MR) is 98.9 cm³/mol. The number of rotatable bonds is 6. The maximum atomic E-state index is 13.1. The van der Waals surface area contributed by atoms with Gasteiger partial charge in [-0.2, -0.15) is 0 Å². The summed E-state index contributed by atoms with van der Waals surface area (Å²) in [5, 5.41) is 0. The van der Waals surface area contributed by atoms with Crippen molar-refractivity contribution < 1.29 is 8.42 Å². The maximum Gasteiger partial charge on any atom is 0.264 e. The fraction of sp³-hybridized carbons (Fsp3) is 0.222. The first-order valence-electron chi connectivity index (χ1n) is 7.25. The van der Waals surface area contributed by atoms with Crippen LogP contribution in [-0.2, 0) is 10.0 Å². The first-order valence-corrected chi connectivity index (χ1v) is 9.92. The number of hydrogen-bond donors (Lipinski definition) is 0. The van der Waals surface area contributed by atoms with Crippen LogP contribution in [0.15, 0.2) is 64.9 Å². The van der Waals surface area contributed by atoms with Gasteiger partial charge in [0.25, 0.3) is 10.0 Å². The van der Waals surface area contributed by atoms with E-state index in [0.29, 0.717) is 4.90 Å². The lowest BCUT2D eigenvalue weighted by molar-refractivity contribution is 0.592. The van der Waals surface area contributed by atoms with Crippen molar-refractivity contribution in [2.75, 3.05) is 17.1 Å². The molecule has 122 valence electrons. The molecule has 0 aliphatic carbocycles. The van der Waals surface area contributed by atoms with Crippen LogP contribution in [0.1, 0.15) is 11.1 Å². The van der Waals surface area contributed by atoms with Gasteiger partial charge in [-0.05, 0) is 55.5 Å². The Labute approximate surface area is 143 Å². The summed E-state index contributed by atoms with van der Waals surface area (Å²) in [6, 6.07) is 12.7. The van der Waals surface area contributed by atoms with Crippen LogP contribution >= 0.6 is 11.8 Å². The zero-order chi connectivity index (χ0) is 17.0. The van der Waals surface area contributed by atoms with E-state index in [9.17, 15) is 8.42 Å². The molecule has 0 fully saturated rings. The van der Waals surface area contributed by atoms with Crippen molar-refractivity contribution in [2.24, 2.45) is 0 Å². The molecule has 5 heteroatoms. The summed E-state index contributed by atoms with van der Waals surface area (Å²) in [6.45, 7) is 7.79. The second-order valence-corrected chi connectivity index (χ2v) is 7.98. The van der Waals surface area contributed by atoms with E-state index < -0.39 is 10.0 Å². The number of para-hydroxylation sites is 1. The molecule has 0 unspecified atom stereocenters. The smallest absolute Gasteiger partial charge is 0.262 e. The topological polar surface area (TPSA) is 37.4 Å². The molecule has 0 saturated carbocycles. The van der Waals surface area contributed by atoms with Gasteiger partial charge in [0.15, 0.2) is 0 Å². The third-order valence-electron chi connectivity index (χ3n) is 3.63. The summed E-state index contributed by atoms with van der Waals surface area (Å²) in [5.41, 5.74) is 2.58. The lowest BCUT2D eigenvalue weighted by Gasteiger charge is -2.26. The first-order chi connectivity index (χ1) is 10.9. The summed E-state index contributed by atoms with van der Waals surface area (Å²) < 4.78 is 27.6. The van der Waals surface area contributed by atoms with Crippen molar-refractivity contribution in [3.63, 3.8) is 0 Å². The average Bonchev–Trinajstić information content (AvgIpc) is 2.54. The van der Waals surface area contributed by atoms with Gasteiger partial charge in [-0.3, -0.25) is 4.31 Å². The number of benzene rings is 2. The summed E-state index contributed by atoms with van der Waals surface area (Å²) in [6.07, 6.45) is 3.57. The molecular weight excluding hydrogens is 326 g/mol. The molecule has 0 N–H and O–H groups in total. The summed E-state index contributed by atoms with van der Waals surface area (Å²) >= 11 is 1.58. The van der Waals surface area contributed by atoms with Crippen molar-refractivity contribution in [1.82, 2.24) is 0 Å². The number of sulfonamides is 1. The molecule has 0 aliphatic heterocycles. The molecule has 0 atom stereocenters. The van der Waals surface area contributed by atoms with E-state index in [2.05, 4.69) is 6.58 Å². The third-order valence-corrected chi connectivity index (χ3v) is 6.15. The van der Waals surface area contributed by atoms with E-state index >= 15 is 0 Å². The van der Waals surface area contributed by atoms with E-state index in [-0.39, 0.29) is 6.54 Å². The zero-order valence-corrected chi connectivity index (χ0v) is 15.2. The van der Waals surface area contributed by atoms with Gasteiger partial charge in [0.05, 0.1) is 17.1 Å². The number of anilines is 1. The number of hydrogen-bond acceptors (Lipinski definition) is 3. The molecule has 2 aromatic carbocycles. The molecule has 0 heterocycles. The maximum absolute atomic E-state index is 13.1. The minimum atomic E-state index is -3.63. The van der Waals surface area contributed by atoms with Crippen molar-refractivity contribution >= 4 is 27.5 Å². The molecule has 0 aromatic heterocycles. The van der Waals surface area contributed by atoms with Gasteiger partial charge in [0.2, 0.25) is 0 Å². The van der Waals surface area contributed by atoms with Gasteiger partial charge in [0.1, 0.15) is 0 Å². The van der Waals surface area contributed by atoms with Gasteiger partial charge in [0, 0.05) is 4.90 Å². The first kappa shape index (κ1) is 17.6. The van der Waals surface area contributed by atoms with Crippen LogP contribution < -0.4 is 4.31 Å². The molecular formula is C18H21NO2S2. The standard InChI is InChI=1S/C18H21NO2S2/c1-5-13-19(18-14(2)7-6-8-15(18)3)23(20,21)17-11-9-16(22-4)10-12-17/h5-12H,1,13H2,2-4H3. The van der Waals surface area contributed by atoms with Crippen LogP contribution in [0.25, 0.3) is 0 Å². The Bertz CT molecular complexity index is 776. The van der Waals surface area contributed by atoms with Gasteiger partial charge < -0.3 is 0 Å². The van der Waals surface area contributed by atoms with Crippen LogP contribution in [0.3, 0.4) is 0 Å². The van der Waals surface area contributed by atoms with Crippen molar-refractivity contribution in [3.8, 4) is 0 Å². The van der Waals surface area contributed by atoms with E-state index in [4.69, 9.17) is 0 Å². The summed E-state index contributed by atoms with van der Waals surface area (Å²) in [7, 11) is -3.63. The van der Waals surface area contributed by atoms with E-state index in [1.165, 1.54) is 4.31 Å².